The molecular weight excluding hydrogens is 383 g/mol. The van der Waals surface area contributed by atoms with Crippen molar-refractivity contribution in [2.24, 2.45) is 0 Å². The number of carbonyl (C=O) groups is 1. The molecule has 88 valence electrons. The Morgan fingerprint density at radius 2 is 2.25 bits per heavy atom. The largest absolute Gasteiger partial charge is 0.462 e. The number of halogens is 2. The van der Waals surface area contributed by atoms with E-state index in [-0.39, 0.29) is 5.97 Å². The molecule has 0 unspecified atom stereocenters. The molecule has 1 aromatic carbocycles. The second-order valence-corrected chi connectivity index (χ2v) is 5.35. The number of rotatable bonds is 5. The van der Waals surface area contributed by atoms with Gasteiger partial charge in [0, 0.05) is 8.90 Å². The van der Waals surface area contributed by atoms with Gasteiger partial charge in [-0.15, -0.1) is 0 Å². The predicted molar refractivity (Wildman–Crippen MR) is 77.2 cm³/mol. The minimum Gasteiger partial charge on any atom is -0.462 e. The van der Waals surface area contributed by atoms with Crippen molar-refractivity contribution in [3.05, 3.63) is 32.9 Å². The van der Waals surface area contributed by atoms with E-state index < -0.39 is 0 Å². The van der Waals surface area contributed by atoms with Crippen molar-refractivity contribution in [1.82, 2.24) is 0 Å². The Kier molecular flexibility index (Phi) is 6.34. The van der Waals surface area contributed by atoms with Gasteiger partial charge in [0.2, 0.25) is 0 Å². The summed E-state index contributed by atoms with van der Waals surface area (Å²) in [6, 6.07) is 5.92. The molecule has 0 bridgehead atoms. The Bertz CT molecular complexity index is 366. The van der Waals surface area contributed by atoms with Crippen LogP contribution in [0.25, 0.3) is 0 Å². The highest BCUT2D eigenvalue weighted by Gasteiger charge is 2.12. The third-order valence-electron chi connectivity index (χ3n) is 2.15. The lowest BCUT2D eigenvalue weighted by atomic mass is 10.0. The number of hydrogen-bond acceptors (Lipinski definition) is 2. The van der Waals surface area contributed by atoms with Gasteiger partial charge >= 0.3 is 5.97 Å². The van der Waals surface area contributed by atoms with E-state index in [1.807, 2.05) is 25.1 Å². The fraction of sp³-hybridized carbons (Fsp3) is 0.417. The fourth-order valence-electron chi connectivity index (χ4n) is 1.42. The molecule has 0 saturated carbocycles. The lowest BCUT2D eigenvalue weighted by Gasteiger charge is -2.08. The van der Waals surface area contributed by atoms with Crippen LogP contribution in [0.1, 0.15) is 29.3 Å². The highest BCUT2D eigenvalue weighted by atomic mass is 127. The lowest BCUT2D eigenvalue weighted by molar-refractivity contribution is 0.0525. The van der Waals surface area contributed by atoms with Gasteiger partial charge in [0.25, 0.3) is 0 Å². The number of benzene rings is 1. The Balaban J connectivity index is 2.93. The molecule has 0 N–H and O–H groups in total. The van der Waals surface area contributed by atoms with Gasteiger partial charge in [0.05, 0.1) is 12.2 Å². The second kappa shape index (κ2) is 7.27. The van der Waals surface area contributed by atoms with Crippen molar-refractivity contribution in [1.29, 1.82) is 0 Å². The van der Waals surface area contributed by atoms with Crippen molar-refractivity contribution in [3.63, 3.8) is 0 Å². The molecule has 4 heteroatoms. The molecule has 0 spiro atoms. The lowest BCUT2D eigenvalue weighted by Crippen LogP contribution is -2.08. The molecular formula is C12H14BrIO2. The third kappa shape index (κ3) is 4.05. The normalized spacial score (nSPS) is 10.2. The van der Waals surface area contributed by atoms with E-state index in [4.69, 9.17) is 4.74 Å². The summed E-state index contributed by atoms with van der Waals surface area (Å²) in [6.07, 6.45) is 1.92. The average molecular weight is 397 g/mol. The molecule has 2 nitrogen and oxygen atoms in total. The molecule has 0 atom stereocenters. The number of ether oxygens (including phenoxy) is 1. The zero-order valence-corrected chi connectivity index (χ0v) is 12.9. The molecule has 16 heavy (non-hydrogen) atoms. The molecule has 0 aliphatic heterocycles. The van der Waals surface area contributed by atoms with Gasteiger partial charge in [0.15, 0.2) is 0 Å². The van der Waals surface area contributed by atoms with Crippen LogP contribution >= 0.6 is 38.5 Å². The molecule has 0 aliphatic rings. The van der Waals surface area contributed by atoms with Crippen molar-refractivity contribution in [3.8, 4) is 0 Å². The first-order valence-electron chi connectivity index (χ1n) is 5.20. The maximum atomic E-state index is 11.7. The minimum atomic E-state index is -0.217. The Labute approximate surface area is 118 Å². The SMILES string of the molecule is CCOC(=O)c1cc(I)ccc1CCCBr. The third-order valence-corrected chi connectivity index (χ3v) is 3.38. The van der Waals surface area contributed by atoms with Crippen molar-refractivity contribution in [2.45, 2.75) is 19.8 Å². The Morgan fingerprint density at radius 1 is 1.50 bits per heavy atom. The van der Waals surface area contributed by atoms with E-state index in [0.717, 1.165) is 27.3 Å². The van der Waals surface area contributed by atoms with E-state index in [1.54, 1.807) is 0 Å². The first-order valence-corrected chi connectivity index (χ1v) is 7.40. The molecule has 0 aromatic heterocycles. The monoisotopic (exact) mass is 396 g/mol. The summed E-state index contributed by atoms with van der Waals surface area (Å²) in [5.74, 6) is -0.217. The molecule has 0 saturated heterocycles. The van der Waals surface area contributed by atoms with Crippen LogP contribution in [0, 0.1) is 3.57 Å². The summed E-state index contributed by atoms with van der Waals surface area (Å²) in [6.45, 7) is 2.24. The minimum absolute atomic E-state index is 0.217. The molecule has 0 heterocycles. The Morgan fingerprint density at radius 3 is 2.88 bits per heavy atom. The van der Waals surface area contributed by atoms with Crippen LogP contribution in [0.4, 0.5) is 0 Å². The van der Waals surface area contributed by atoms with Crippen LogP contribution in [0.15, 0.2) is 18.2 Å². The van der Waals surface area contributed by atoms with Gasteiger partial charge < -0.3 is 4.74 Å². The van der Waals surface area contributed by atoms with Gasteiger partial charge in [-0.3, -0.25) is 0 Å². The standard InChI is InChI=1S/C12H14BrIO2/c1-2-16-12(15)11-8-10(14)6-5-9(11)4-3-7-13/h5-6,8H,2-4,7H2,1H3. The first-order chi connectivity index (χ1) is 7.69. The van der Waals surface area contributed by atoms with Crippen molar-refractivity contribution >= 4 is 44.5 Å². The van der Waals surface area contributed by atoms with E-state index in [1.165, 1.54) is 0 Å². The topological polar surface area (TPSA) is 26.3 Å². The second-order valence-electron chi connectivity index (χ2n) is 3.31. The summed E-state index contributed by atoms with van der Waals surface area (Å²) < 4.78 is 6.11. The highest BCUT2D eigenvalue weighted by molar-refractivity contribution is 14.1. The van der Waals surface area contributed by atoms with Gasteiger partial charge in [-0.1, -0.05) is 22.0 Å². The van der Waals surface area contributed by atoms with Crippen LogP contribution in [-0.4, -0.2) is 17.9 Å². The fourth-order valence-corrected chi connectivity index (χ4v) is 2.19. The Hall–Kier alpha value is -0.100. The average Bonchev–Trinajstić information content (AvgIpc) is 2.27. The number of esters is 1. The van der Waals surface area contributed by atoms with Crippen LogP contribution in [-0.2, 0) is 11.2 Å². The van der Waals surface area contributed by atoms with Crippen molar-refractivity contribution < 1.29 is 9.53 Å². The maximum absolute atomic E-state index is 11.7. The van der Waals surface area contributed by atoms with E-state index in [2.05, 4.69) is 38.5 Å². The van der Waals surface area contributed by atoms with Crippen LogP contribution in [0.3, 0.4) is 0 Å². The van der Waals surface area contributed by atoms with Gasteiger partial charge in [0.1, 0.15) is 0 Å². The van der Waals surface area contributed by atoms with Crippen LogP contribution in [0.2, 0.25) is 0 Å². The zero-order valence-electron chi connectivity index (χ0n) is 9.13. The molecule has 1 aromatic rings. The molecule has 0 radical (unpaired) electrons. The number of alkyl halides is 1. The number of aryl methyl sites for hydroxylation is 1. The smallest absolute Gasteiger partial charge is 0.338 e. The molecule has 0 amide bonds. The molecule has 1 rings (SSSR count). The van der Waals surface area contributed by atoms with Gasteiger partial charge in [-0.25, -0.2) is 4.79 Å². The molecule has 0 aliphatic carbocycles. The van der Waals surface area contributed by atoms with E-state index in [0.29, 0.717) is 12.2 Å². The summed E-state index contributed by atoms with van der Waals surface area (Å²) in [7, 11) is 0. The van der Waals surface area contributed by atoms with E-state index >= 15 is 0 Å². The van der Waals surface area contributed by atoms with Gasteiger partial charge in [-0.05, 0) is 60.1 Å². The van der Waals surface area contributed by atoms with Crippen LogP contribution < -0.4 is 0 Å². The summed E-state index contributed by atoms with van der Waals surface area (Å²) >= 11 is 5.60. The number of hydrogen-bond donors (Lipinski definition) is 0. The first kappa shape index (κ1) is 14.0. The highest BCUT2D eigenvalue weighted by Crippen LogP contribution is 2.17. The van der Waals surface area contributed by atoms with Gasteiger partial charge in [-0.2, -0.15) is 0 Å². The summed E-state index contributed by atoms with van der Waals surface area (Å²) in [5, 5.41) is 0.946. The van der Waals surface area contributed by atoms with E-state index in [9.17, 15) is 4.79 Å². The summed E-state index contributed by atoms with van der Waals surface area (Å²) in [5.41, 5.74) is 1.77. The number of carbonyl (C=O) groups excluding carboxylic acids is 1. The molecule has 0 fully saturated rings. The van der Waals surface area contributed by atoms with Crippen LogP contribution in [0.5, 0.6) is 0 Å². The quantitative estimate of drug-likeness (QED) is 0.430. The predicted octanol–water partition coefficient (Wildman–Crippen LogP) is 3.80. The van der Waals surface area contributed by atoms with Crippen molar-refractivity contribution in [2.75, 3.05) is 11.9 Å². The summed E-state index contributed by atoms with van der Waals surface area (Å²) in [4.78, 5) is 11.7. The maximum Gasteiger partial charge on any atom is 0.338 e. The zero-order chi connectivity index (χ0) is 12.0.